The Morgan fingerprint density at radius 1 is 0.931 bits per heavy atom. The third-order valence-corrected chi connectivity index (χ3v) is 4.54. The molecule has 0 radical (unpaired) electrons. The van der Waals surface area contributed by atoms with Crippen LogP contribution in [-0.2, 0) is 4.79 Å². The highest BCUT2D eigenvalue weighted by Crippen LogP contribution is 2.27. The van der Waals surface area contributed by atoms with Crippen molar-refractivity contribution >= 4 is 22.9 Å². The molecular formula is C24H19NO4. The van der Waals surface area contributed by atoms with E-state index in [4.69, 9.17) is 9.15 Å². The molecule has 0 aliphatic heterocycles. The zero-order chi connectivity index (χ0) is 20.2. The summed E-state index contributed by atoms with van der Waals surface area (Å²) in [5, 5.41) is 0. The van der Waals surface area contributed by atoms with Crippen molar-refractivity contribution in [2.24, 2.45) is 0 Å². The summed E-state index contributed by atoms with van der Waals surface area (Å²) in [6.45, 7) is 1.96. The maximum atomic E-state index is 12.2. The van der Waals surface area contributed by atoms with E-state index in [1.54, 1.807) is 30.3 Å². The van der Waals surface area contributed by atoms with Crippen LogP contribution in [0.25, 0.3) is 22.6 Å². The number of carbonyl (C=O) groups is 2. The van der Waals surface area contributed by atoms with Crippen LogP contribution in [0.3, 0.4) is 0 Å². The van der Waals surface area contributed by atoms with Gasteiger partial charge in [0.2, 0.25) is 5.89 Å². The van der Waals surface area contributed by atoms with E-state index < -0.39 is 5.97 Å². The molecule has 144 valence electrons. The molecule has 0 spiro atoms. The number of nitrogens with zero attached hydrogens (tertiary/aromatic N) is 1. The molecule has 0 atom stereocenters. The minimum Gasteiger partial charge on any atom is -0.436 e. The monoisotopic (exact) mass is 385 g/mol. The quantitative estimate of drug-likeness (QED) is 0.253. The first-order chi connectivity index (χ1) is 14.1. The van der Waals surface area contributed by atoms with Gasteiger partial charge in [-0.2, -0.15) is 0 Å². The van der Waals surface area contributed by atoms with E-state index in [2.05, 4.69) is 4.98 Å². The van der Waals surface area contributed by atoms with Crippen molar-refractivity contribution in [3.8, 4) is 17.2 Å². The number of ketones is 1. The second kappa shape index (κ2) is 8.10. The summed E-state index contributed by atoms with van der Waals surface area (Å²) < 4.78 is 11.1. The number of rotatable bonds is 6. The van der Waals surface area contributed by atoms with Crippen molar-refractivity contribution in [1.82, 2.24) is 4.98 Å². The number of aryl methyl sites for hydroxylation is 1. The molecule has 0 saturated heterocycles. The van der Waals surface area contributed by atoms with E-state index in [1.807, 2.05) is 49.4 Å². The maximum Gasteiger partial charge on any atom is 0.311 e. The van der Waals surface area contributed by atoms with Crippen LogP contribution < -0.4 is 4.74 Å². The van der Waals surface area contributed by atoms with Crippen molar-refractivity contribution in [3.63, 3.8) is 0 Å². The summed E-state index contributed by atoms with van der Waals surface area (Å²) in [6.07, 6.45) is 0.112. The van der Waals surface area contributed by atoms with Crippen LogP contribution in [0.5, 0.6) is 5.75 Å². The predicted molar refractivity (Wildman–Crippen MR) is 110 cm³/mol. The first-order valence-corrected chi connectivity index (χ1v) is 9.35. The number of Topliss-reactive ketones (excluding diaryl/α,β-unsaturated/α-hetero) is 1. The fourth-order valence-electron chi connectivity index (χ4n) is 2.95. The van der Waals surface area contributed by atoms with E-state index >= 15 is 0 Å². The Hall–Kier alpha value is -3.73. The smallest absolute Gasteiger partial charge is 0.311 e. The molecule has 0 fully saturated rings. The van der Waals surface area contributed by atoms with Gasteiger partial charge in [0, 0.05) is 23.6 Å². The molecule has 1 aromatic heterocycles. The maximum absolute atomic E-state index is 12.2. The Morgan fingerprint density at radius 2 is 1.69 bits per heavy atom. The van der Waals surface area contributed by atoms with Crippen LogP contribution in [0, 0.1) is 6.92 Å². The number of benzene rings is 3. The molecule has 5 nitrogen and oxygen atoms in total. The van der Waals surface area contributed by atoms with Crippen molar-refractivity contribution in [3.05, 3.63) is 83.9 Å². The molecule has 0 saturated carbocycles. The van der Waals surface area contributed by atoms with Gasteiger partial charge in [0.1, 0.15) is 11.3 Å². The van der Waals surface area contributed by atoms with Crippen molar-refractivity contribution in [2.75, 3.05) is 0 Å². The number of hydrogen-bond acceptors (Lipinski definition) is 5. The molecule has 0 aliphatic rings. The zero-order valence-electron chi connectivity index (χ0n) is 15.9. The number of hydrogen-bond donors (Lipinski definition) is 0. The lowest BCUT2D eigenvalue weighted by Gasteiger charge is -2.04. The van der Waals surface area contributed by atoms with Crippen molar-refractivity contribution in [2.45, 2.75) is 19.8 Å². The second-order valence-corrected chi connectivity index (χ2v) is 6.78. The van der Waals surface area contributed by atoms with E-state index in [0.29, 0.717) is 28.3 Å². The highest BCUT2D eigenvalue weighted by Gasteiger charge is 2.13. The highest BCUT2D eigenvalue weighted by atomic mass is 16.5. The van der Waals surface area contributed by atoms with Gasteiger partial charge >= 0.3 is 5.97 Å². The normalized spacial score (nSPS) is 10.8. The van der Waals surface area contributed by atoms with E-state index in [1.165, 1.54) is 0 Å². The topological polar surface area (TPSA) is 69.4 Å². The first-order valence-electron chi connectivity index (χ1n) is 9.35. The molecule has 1 heterocycles. The average Bonchev–Trinajstić information content (AvgIpc) is 3.17. The number of fused-ring (bicyclic) bond motifs is 1. The van der Waals surface area contributed by atoms with Crippen LogP contribution in [0.15, 0.2) is 77.2 Å². The SMILES string of the molecule is Cc1ccc(C(=O)CCC(=O)Oc2ccc3nc(-c4ccccc4)oc3c2)cc1. The van der Waals surface area contributed by atoms with Gasteiger partial charge in [0.15, 0.2) is 11.4 Å². The van der Waals surface area contributed by atoms with Gasteiger partial charge in [-0.3, -0.25) is 9.59 Å². The van der Waals surface area contributed by atoms with E-state index in [0.717, 1.165) is 11.1 Å². The number of aromatic nitrogens is 1. The predicted octanol–water partition coefficient (Wildman–Crippen LogP) is 5.37. The Labute approximate surface area is 168 Å². The minimum absolute atomic E-state index is 0.0103. The summed E-state index contributed by atoms with van der Waals surface area (Å²) in [7, 11) is 0. The van der Waals surface area contributed by atoms with Crippen LogP contribution in [0.1, 0.15) is 28.8 Å². The molecule has 0 amide bonds. The molecule has 5 heteroatoms. The van der Waals surface area contributed by atoms with Crippen molar-refractivity contribution < 1.29 is 18.7 Å². The lowest BCUT2D eigenvalue weighted by Crippen LogP contribution is -2.10. The van der Waals surface area contributed by atoms with Crippen LogP contribution >= 0.6 is 0 Å². The van der Waals surface area contributed by atoms with Gasteiger partial charge in [0.05, 0.1) is 6.42 Å². The average molecular weight is 385 g/mol. The van der Waals surface area contributed by atoms with Gasteiger partial charge in [-0.15, -0.1) is 0 Å². The molecule has 3 aromatic carbocycles. The molecule has 0 aliphatic carbocycles. The van der Waals surface area contributed by atoms with Gasteiger partial charge < -0.3 is 9.15 Å². The van der Waals surface area contributed by atoms with Crippen LogP contribution in [0.2, 0.25) is 0 Å². The van der Waals surface area contributed by atoms with E-state index in [9.17, 15) is 9.59 Å². The van der Waals surface area contributed by atoms with Gasteiger partial charge in [-0.1, -0.05) is 48.0 Å². The second-order valence-electron chi connectivity index (χ2n) is 6.78. The fourth-order valence-corrected chi connectivity index (χ4v) is 2.95. The third-order valence-electron chi connectivity index (χ3n) is 4.54. The summed E-state index contributed by atoms with van der Waals surface area (Å²) >= 11 is 0. The largest absolute Gasteiger partial charge is 0.436 e. The molecule has 0 N–H and O–H groups in total. The van der Waals surface area contributed by atoms with Gasteiger partial charge in [-0.05, 0) is 31.2 Å². The first kappa shape index (κ1) is 18.6. The van der Waals surface area contributed by atoms with Crippen molar-refractivity contribution in [1.29, 1.82) is 0 Å². The number of esters is 1. The number of oxazole rings is 1. The fraction of sp³-hybridized carbons (Fsp3) is 0.125. The zero-order valence-corrected chi connectivity index (χ0v) is 15.9. The number of carbonyl (C=O) groups excluding carboxylic acids is 2. The highest BCUT2D eigenvalue weighted by molar-refractivity contribution is 5.97. The van der Waals surface area contributed by atoms with E-state index in [-0.39, 0.29) is 18.6 Å². The van der Waals surface area contributed by atoms with Gasteiger partial charge in [0.25, 0.3) is 0 Å². The lowest BCUT2D eigenvalue weighted by atomic mass is 10.1. The minimum atomic E-state index is -0.465. The molecule has 0 bridgehead atoms. The Kier molecular flexibility index (Phi) is 5.20. The molecule has 4 rings (SSSR count). The number of ether oxygens (including phenoxy) is 1. The molecule has 0 unspecified atom stereocenters. The Morgan fingerprint density at radius 3 is 2.45 bits per heavy atom. The standard InChI is InChI=1S/C24H19NO4/c1-16-7-9-17(10-8-16)21(26)13-14-23(27)28-19-11-12-20-22(15-19)29-24(25-20)18-5-3-2-4-6-18/h2-12,15H,13-14H2,1H3. The molecule has 4 aromatic rings. The summed E-state index contributed by atoms with van der Waals surface area (Å²) in [5.41, 5.74) is 3.76. The summed E-state index contributed by atoms with van der Waals surface area (Å²) in [5.74, 6) is 0.321. The summed E-state index contributed by atoms with van der Waals surface area (Å²) in [4.78, 5) is 28.8. The van der Waals surface area contributed by atoms with Gasteiger partial charge in [-0.25, -0.2) is 4.98 Å². The lowest BCUT2D eigenvalue weighted by molar-refractivity contribution is -0.134. The Bertz CT molecular complexity index is 1160. The van der Waals surface area contributed by atoms with Crippen LogP contribution in [-0.4, -0.2) is 16.7 Å². The molecular weight excluding hydrogens is 366 g/mol. The summed E-state index contributed by atoms with van der Waals surface area (Å²) in [6, 6.07) is 21.9. The van der Waals surface area contributed by atoms with Crippen LogP contribution in [0.4, 0.5) is 0 Å². The Balaban J connectivity index is 1.40. The molecule has 29 heavy (non-hydrogen) atoms. The third kappa shape index (κ3) is 4.41.